The molecule has 0 radical (unpaired) electrons. The molecule has 1 aromatic carbocycles. The molecule has 0 aliphatic heterocycles. The van der Waals surface area contributed by atoms with E-state index >= 15 is 0 Å². The summed E-state index contributed by atoms with van der Waals surface area (Å²) in [5, 5.41) is 11.2. The van der Waals surface area contributed by atoms with Crippen LogP contribution in [-0.2, 0) is 9.53 Å². The fraction of sp³-hybridized carbons (Fsp3) is 0.771. The summed E-state index contributed by atoms with van der Waals surface area (Å²) in [7, 11) is 0. The molecule has 4 nitrogen and oxygen atoms in total. The number of aryl methyl sites for hydroxylation is 1. The summed E-state index contributed by atoms with van der Waals surface area (Å²) in [5.74, 6) is 1.37. The zero-order valence-corrected chi connectivity index (χ0v) is 26.6. The van der Waals surface area contributed by atoms with Crippen LogP contribution in [0.3, 0.4) is 0 Å². The highest BCUT2D eigenvalue weighted by molar-refractivity contribution is 7.18. The average molecular weight is 570 g/mol. The molecule has 0 bridgehead atoms. The summed E-state index contributed by atoms with van der Waals surface area (Å²) in [6.07, 6.45) is 24.1. The van der Waals surface area contributed by atoms with E-state index in [9.17, 15) is 9.90 Å². The molecule has 224 valence electrons. The quantitative estimate of drug-likeness (QED) is 0.389. The first-order valence-corrected chi connectivity index (χ1v) is 17.3. The Morgan fingerprint density at radius 2 is 1.35 bits per heavy atom. The molecule has 0 spiro atoms. The SMILES string of the molecule is Cc1cc2nc(C3CCCCCCC(C4CCCCCCCCCC4)CC3)sc2cc1C(OC(C)(C)C)C(=O)O. The highest BCUT2D eigenvalue weighted by Crippen LogP contribution is 2.41. The van der Waals surface area contributed by atoms with Gasteiger partial charge in [0, 0.05) is 5.92 Å². The van der Waals surface area contributed by atoms with Gasteiger partial charge in [-0.05, 0) is 82.1 Å². The minimum Gasteiger partial charge on any atom is -0.479 e. The number of hydrogen-bond acceptors (Lipinski definition) is 4. The van der Waals surface area contributed by atoms with Crippen LogP contribution in [0, 0.1) is 18.8 Å². The third-order valence-electron chi connectivity index (χ3n) is 9.45. The van der Waals surface area contributed by atoms with Gasteiger partial charge in [-0.3, -0.25) is 0 Å². The first-order valence-electron chi connectivity index (χ1n) is 16.5. The van der Waals surface area contributed by atoms with Crippen LogP contribution in [0.15, 0.2) is 12.1 Å². The van der Waals surface area contributed by atoms with Gasteiger partial charge in [0.05, 0.1) is 20.8 Å². The van der Waals surface area contributed by atoms with Crippen molar-refractivity contribution in [1.82, 2.24) is 4.98 Å². The van der Waals surface area contributed by atoms with Crippen molar-refractivity contribution in [1.29, 1.82) is 0 Å². The predicted octanol–water partition coefficient (Wildman–Crippen LogP) is 10.9. The first-order chi connectivity index (χ1) is 19.2. The van der Waals surface area contributed by atoms with Gasteiger partial charge in [-0.1, -0.05) is 96.3 Å². The van der Waals surface area contributed by atoms with E-state index in [1.165, 1.54) is 121 Å². The van der Waals surface area contributed by atoms with Gasteiger partial charge < -0.3 is 9.84 Å². The second kappa shape index (κ2) is 15.1. The number of carbonyl (C=O) groups is 1. The lowest BCUT2D eigenvalue weighted by molar-refractivity contribution is -0.160. The van der Waals surface area contributed by atoms with Crippen LogP contribution in [-0.4, -0.2) is 21.7 Å². The maximum Gasteiger partial charge on any atom is 0.337 e. The van der Waals surface area contributed by atoms with E-state index in [0.29, 0.717) is 5.92 Å². The number of nitrogens with zero attached hydrogens (tertiary/aromatic N) is 1. The molecule has 2 saturated carbocycles. The molecule has 2 fully saturated rings. The summed E-state index contributed by atoms with van der Waals surface area (Å²) in [6.45, 7) is 7.73. The molecular weight excluding hydrogens is 514 g/mol. The van der Waals surface area contributed by atoms with Crippen molar-refractivity contribution in [2.75, 3.05) is 0 Å². The Bertz CT molecular complexity index is 1060. The molecule has 1 heterocycles. The van der Waals surface area contributed by atoms with E-state index in [4.69, 9.17) is 9.72 Å². The van der Waals surface area contributed by atoms with Crippen molar-refractivity contribution >= 4 is 27.5 Å². The molecular formula is C35H55NO3S. The molecule has 3 unspecified atom stereocenters. The van der Waals surface area contributed by atoms with E-state index in [0.717, 1.165) is 33.2 Å². The number of thiazole rings is 1. The zero-order chi connectivity index (χ0) is 28.5. The van der Waals surface area contributed by atoms with Gasteiger partial charge >= 0.3 is 5.97 Å². The predicted molar refractivity (Wildman–Crippen MR) is 168 cm³/mol. The molecule has 5 heteroatoms. The second-order valence-corrected chi connectivity index (χ2v) is 14.9. The summed E-state index contributed by atoms with van der Waals surface area (Å²) < 4.78 is 7.08. The van der Waals surface area contributed by atoms with Gasteiger partial charge in [0.1, 0.15) is 0 Å². The molecule has 2 aliphatic carbocycles. The number of fused-ring (bicyclic) bond motifs is 1. The van der Waals surface area contributed by atoms with E-state index in [2.05, 4.69) is 6.07 Å². The Balaban J connectivity index is 1.52. The number of ether oxygens (including phenoxy) is 1. The number of carboxylic acid groups (broad SMARTS) is 1. The van der Waals surface area contributed by atoms with E-state index in [-0.39, 0.29) is 0 Å². The standard InChI is InChI=1S/C35H55NO3S/c1-25-23-30-31(24-29(25)32(34(37)38)39-35(2,3)4)40-33(36-30)28-20-16-12-11-15-19-27(21-22-28)26-17-13-9-7-5-6-8-10-14-18-26/h23-24,26-28,32H,5-22H2,1-4H3,(H,37,38). The second-order valence-electron chi connectivity index (χ2n) is 13.9. The monoisotopic (exact) mass is 569 g/mol. The van der Waals surface area contributed by atoms with E-state index in [1.807, 2.05) is 33.8 Å². The molecule has 3 atom stereocenters. The number of rotatable bonds is 5. The third-order valence-corrected chi connectivity index (χ3v) is 10.6. The third kappa shape index (κ3) is 9.28. The lowest BCUT2D eigenvalue weighted by Crippen LogP contribution is -2.27. The van der Waals surface area contributed by atoms with Crippen LogP contribution in [0.1, 0.15) is 165 Å². The molecule has 1 N–H and O–H groups in total. The molecule has 0 amide bonds. The molecule has 40 heavy (non-hydrogen) atoms. The largest absolute Gasteiger partial charge is 0.479 e. The van der Waals surface area contributed by atoms with Crippen molar-refractivity contribution in [3.63, 3.8) is 0 Å². The van der Waals surface area contributed by atoms with Crippen LogP contribution in [0.4, 0.5) is 0 Å². The lowest BCUT2D eigenvalue weighted by Gasteiger charge is -2.30. The molecule has 2 aromatic rings. The van der Waals surface area contributed by atoms with Crippen molar-refractivity contribution in [3.05, 3.63) is 28.3 Å². The number of benzene rings is 1. The van der Waals surface area contributed by atoms with Crippen LogP contribution in [0.2, 0.25) is 0 Å². The van der Waals surface area contributed by atoms with Gasteiger partial charge in [0.25, 0.3) is 0 Å². The van der Waals surface area contributed by atoms with Gasteiger partial charge in [-0.15, -0.1) is 11.3 Å². The molecule has 4 rings (SSSR count). The minimum absolute atomic E-state index is 0.519. The van der Waals surface area contributed by atoms with Gasteiger partial charge in [0.15, 0.2) is 6.10 Å². The maximum absolute atomic E-state index is 12.2. The van der Waals surface area contributed by atoms with Crippen LogP contribution >= 0.6 is 11.3 Å². The van der Waals surface area contributed by atoms with Crippen molar-refractivity contribution in [2.24, 2.45) is 11.8 Å². The number of carboxylic acids is 1. The number of hydrogen-bond donors (Lipinski definition) is 1. The van der Waals surface area contributed by atoms with Crippen LogP contribution in [0.5, 0.6) is 0 Å². The Kier molecular flexibility index (Phi) is 11.9. The van der Waals surface area contributed by atoms with Crippen molar-refractivity contribution in [2.45, 2.75) is 161 Å². The Labute approximate surface area is 247 Å². The van der Waals surface area contributed by atoms with Crippen LogP contribution in [0.25, 0.3) is 10.2 Å². The Morgan fingerprint density at radius 1 is 0.825 bits per heavy atom. The smallest absolute Gasteiger partial charge is 0.337 e. The highest BCUT2D eigenvalue weighted by Gasteiger charge is 2.29. The summed E-state index contributed by atoms with van der Waals surface area (Å²) in [4.78, 5) is 17.3. The molecule has 0 saturated heterocycles. The first kappa shape index (κ1) is 31.5. The highest BCUT2D eigenvalue weighted by atomic mass is 32.1. The van der Waals surface area contributed by atoms with Gasteiger partial charge in [-0.2, -0.15) is 0 Å². The topological polar surface area (TPSA) is 59.4 Å². The fourth-order valence-corrected chi connectivity index (χ4v) is 8.40. The minimum atomic E-state index is -0.967. The maximum atomic E-state index is 12.2. The number of aromatic nitrogens is 1. The normalized spacial score (nSPS) is 24.3. The zero-order valence-electron chi connectivity index (χ0n) is 25.8. The van der Waals surface area contributed by atoms with Crippen LogP contribution < -0.4 is 0 Å². The molecule has 2 aliphatic rings. The van der Waals surface area contributed by atoms with Gasteiger partial charge in [0.2, 0.25) is 0 Å². The van der Waals surface area contributed by atoms with E-state index < -0.39 is 17.7 Å². The summed E-state index contributed by atoms with van der Waals surface area (Å²) >= 11 is 1.79. The van der Waals surface area contributed by atoms with Crippen molar-refractivity contribution in [3.8, 4) is 0 Å². The summed E-state index contributed by atoms with van der Waals surface area (Å²) in [6, 6.07) is 4.13. The fourth-order valence-electron chi connectivity index (χ4n) is 7.23. The average Bonchev–Trinajstić information content (AvgIpc) is 3.28. The van der Waals surface area contributed by atoms with E-state index in [1.54, 1.807) is 11.3 Å². The van der Waals surface area contributed by atoms with Crippen molar-refractivity contribution < 1.29 is 14.6 Å². The lowest BCUT2D eigenvalue weighted by atomic mass is 9.76. The number of aliphatic carboxylic acids is 1. The summed E-state index contributed by atoms with van der Waals surface area (Å²) in [5.41, 5.74) is 2.17. The Morgan fingerprint density at radius 3 is 1.90 bits per heavy atom. The van der Waals surface area contributed by atoms with Gasteiger partial charge in [-0.25, -0.2) is 9.78 Å². The molecule has 1 aromatic heterocycles. The Hall–Kier alpha value is -1.46.